The van der Waals surface area contributed by atoms with E-state index in [1.165, 1.54) is 199 Å². The third kappa shape index (κ3) is 33.0. The van der Waals surface area contributed by atoms with Crippen LogP contribution in [-0.4, -0.2) is 140 Å². The van der Waals surface area contributed by atoms with Crippen LogP contribution in [-0.2, 0) is 23.7 Å². The summed E-state index contributed by atoms with van der Waals surface area (Å²) in [6.07, 6.45) is 39.6. The fourth-order valence-electron chi connectivity index (χ4n) is 10.4. The van der Waals surface area contributed by atoms with Crippen molar-refractivity contribution in [3.8, 4) is 0 Å². The zero-order valence-corrected chi connectivity index (χ0v) is 47.6. The zero-order valence-electron chi connectivity index (χ0n) is 47.6. The minimum atomic E-state index is -1.79. The molecule has 2 aliphatic heterocycles. The number of hydrogen-bond acceptors (Lipinski definition) is 13. The second-order valence-corrected chi connectivity index (χ2v) is 22.2. The Morgan fingerprint density at radius 2 is 0.853 bits per heavy atom. The first-order valence-corrected chi connectivity index (χ1v) is 31.1. The maximum absolute atomic E-state index is 13.2. The Morgan fingerprint density at radius 3 is 1.31 bits per heavy atom. The molecule has 12 unspecified atom stereocenters. The van der Waals surface area contributed by atoms with Gasteiger partial charge >= 0.3 is 0 Å². The van der Waals surface area contributed by atoms with Crippen molar-refractivity contribution in [2.75, 3.05) is 19.8 Å². The second kappa shape index (κ2) is 47.3. The maximum atomic E-state index is 13.2. The SMILES string of the molecule is CCCCCCCCC/C=C/CC/C=C/C(O)C(COC1OC(CO)C(OC2OC(CO)C(O)C(O)C2O)C(O)C1O)NC(=O)CCCCCCCCCCCCCCCCCCCCCCCCCCCCCC. The molecule has 442 valence electrons. The number of aliphatic hydroxyl groups excluding tert-OH is 8. The Balaban J connectivity index is 1.68. The van der Waals surface area contributed by atoms with E-state index in [-0.39, 0.29) is 18.9 Å². The molecule has 0 saturated carbocycles. The molecule has 14 nitrogen and oxygen atoms in total. The van der Waals surface area contributed by atoms with E-state index >= 15 is 0 Å². The summed E-state index contributed by atoms with van der Waals surface area (Å²) < 4.78 is 22.7. The molecule has 75 heavy (non-hydrogen) atoms. The van der Waals surface area contributed by atoms with Gasteiger partial charge in [0.25, 0.3) is 0 Å². The normalized spacial score (nSPS) is 25.1. The molecule has 0 bridgehead atoms. The van der Waals surface area contributed by atoms with E-state index in [1.54, 1.807) is 6.08 Å². The number of unbranched alkanes of at least 4 members (excludes halogenated alkanes) is 35. The number of amides is 1. The molecule has 2 heterocycles. The monoisotopic (exact) mass is 1070 g/mol. The predicted molar refractivity (Wildman–Crippen MR) is 300 cm³/mol. The number of carbonyl (C=O) groups is 1. The number of nitrogens with one attached hydrogen (secondary N) is 1. The van der Waals surface area contributed by atoms with Crippen molar-refractivity contribution in [2.24, 2.45) is 0 Å². The van der Waals surface area contributed by atoms with Crippen molar-refractivity contribution in [2.45, 2.75) is 338 Å². The minimum Gasteiger partial charge on any atom is -0.394 e. The summed E-state index contributed by atoms with van der Waals surface area (Å²) in [5, 5.41) is 87.0. The Labute approximate surface area is 456 Å². The van der Waals surface area contributed by atoms with Crippen molar-refractivity contribution in [1.29, 1.82) is 0 Å². The van der Waals surface area contributed by atoms with Gasteiger partial charge in [-0.3, -0.25) is 4.79 Å². The van der Waals surface area contributed by atoms with E-state index in [4.69, 9.17) is 18.9 Å². The highest BCUT2D eigenvalue weighted by Crippen LogP contribution is 2.30. The molecule has 0 aliphatic carbocycles. The van der Waals surface area contributed by atoms with Gasteiger partial charge in [-0.25, -0.2) is 0 Å². The lowest BCUT2D eigenvalue weighted by atomic mass is 9.97. The molecular formula is C61H115NO13. The maximum Gasteiger partial charge on any atom is 0.220 e. The zero-order chi connectivity index (χ0) is 54.6. The van der Waals surface area contributed by atoms with Crippen molar-refractivity contribution < 1.29 is 64.6 Å². The summed E-state index contributed by atoms with van der Waals surface area (Å²) in [5.41, 5.74) is 0. The number of allylic oxidation sites excluding steroid dienone is 3. The standard InChI is InChI=1S/C61H115NO13/c1-3-5-7-9-11-13-15-17-18-19-20-21-22-23-24-25-26-27-28-29-30-31-33-35-37-39-41-43-45-53(66)62-49(50(65)44-42-40-38-36-34-32-16-14-12-10-8-6-4-2)48-72-60-58(71)56(69)59(52(47-64)74-60)75-61-57(70)55(68)54(67)51(46-63)73-61/h34,36,42,44,49-52,54-61,63-65,67-71H,3-33,35,37-41,43,45-48H2,1-2H3,(H,62,66)/b36-34+,44-42+. The number of carbonyl (C=O) groups excluding carboxylic acids is 1. The van der Waals surface area contributed by atoms with E-state index < -0.39 is 86.8 Å². The highest BCUT2D eigenvalue weighted by molar-refractivity contribution is 5.76. The molecular weight excluding hydrogens is 955 g/mol. The molecule has 0 aromatic heterocycles. The van der Waals surface area contributed by atoms with Crippen molar-refractivity contribution >= 4 is 5.91 Å². The van der Waals surface area contributed by atoms with Crippen LogP contribution in [0, 0.1) is 0 Å². The number of aliphatic hydroxyl groups is 8. The molecule has 9 N–H and O–H groups in total. The first-order valence-electron chi connectivity index (χ1n) is 31.1. The summed E-state index contributed by atoms with van der Waals surface area (Å²) in [4.78, 5) is 13.2. The smallest absolute Gasteiger partial charge is 0.220 e. The van der Waals surface area contributed by atoms with E-state index in [9.17, 15) is 45.6 Å². The molecule has 0 spiro atoms. The lowest BCUT2D eigenvalue weighted by Gasteiger charge is -2.46. The molecule has 2 aliphatic rings. The van der Waals surface area contributed by atoms with Gasteiger partial charge in [0.2, 0.25) is 5.91 Å². The molecule has 0 radical (unpaired) electrons. The molecule has 12 atom stereocenters. The van der Waals surface area contributed by atoms with Crippen LogP contribution < -0.4 is 5.32 Å². The number of rotatable bonds is 50. The van der Waals surface area contributed by atoms with Gasteiger partial charge in [0.05, 0.1) is 32.0 Å². The summed E-state index contributed by atoms with van der Waals surface area (Å²) in [7, 11) is 0. The Kier molecular flexibility index (Phi) is 43.9. The lowest BCUT2D eigenvalue weighted by molar-refractivity contribution is -0.359. The second-order valence-electron chi connectivity index (χ2n) is 22.2. The quantitative estimate of drug-likeness (QED) is 0.0204. The number of ether oxygens (including phenoxy) is 4. The van der Waals surface area contributed by atoms with Crippen LogP contribution in [0.1, 0.15) is 264 Å². The van der Waals surface area contributed by atoms with Crippen LogP contribution in [0.3, 0.4) is 0 Å². The molecule has 14 heteroatoms. The average molecular weight is 1070 g/mol. The summed E-state index contributed by atoms with van der Waals surface area (Å²) in [6.45, 7) is 2.79. The Morgan fingerprint density at radius 1 is 0.467 bits per heavy atom. The first kappa shape index (κ1) is 69.6. The van der Waals surface area contributed by atoms with Gasteiger partial charge in [-0.1, -0.05) is 250 Å². The third-order valence-electron chi connectivity index (χ3n) is 15.4. The van der Waals surface area contributed by atoms with Crippen LogP contribution in [0.15, 0.2) is 24.3 Å². The van der Waals surface area contributed by atoms with Crippen LogP contribution >= 0.6 is 0 Å². The topological polar surface area (TPSA) is 228 Å². The molecule has 0 aromatic rings. The van der Waals surface area contributed by atoms with Crippen LogP contribution in [0.4, 0.5) is 0 Å². The van der Waals surface area contributed by atoms with E-state index in [2.05, 4.69) is 31.3 Å². The fourth-order valence-corrected chi connectivity index (χ4v) is 10.4. The highest BCUT2D eigenvalue weighted by atomic mass is 16.7. The van der Waals surface area contributed by atoms with Gasteiger partial charge in [-0.05, 0) is 32.1 Å². The summed E-state index contributed by atoms with van der Waals surface area (Å²) in [6, 6.07) is -0.927. The van der Waals surface area contributed by atoms with E-state index in [0.717, 1.165) is 32.1 Å². The Bertz CT molecular complexity index is 1350. The van der Waals surface area contributed by atoms with Gasteiger partial charge in [0.1, 0.15) is 48.8 Å². The van der Waals surface area contributed by atoms with Gasteiger partial charge in [-0.2, -0.15) is 0 Å². The van der Waals surface area contributed by atoms with Crippen molar-refractivity contribution in [1.82, 2.24) is 5.32 Å². The van der Waals surface area contributed by atoms with Gasteiger partial charge in [0.15, 0.2) is 12.6 Å². The van der Waals surface area contributed by atoms with Crippen molar-refractivity contribution in [3.63, 3.8) is 0 Å². The van der Waals surface area contributed by atoms with E-state index in [1.807, 2.05) is 6.08 Å². The number of hydrogen-bond donors (Lipinski definition) is 9. The highest BCUT2D eigenvalue weighted by Gasteiger charge is 2.51. The van der Waals surface area contributed by atoms with Crippen LogP contribution in [0.25, 0.3) is 0 Å². The van der Waals surface area contributed by atoms with Gasteiger partial charge in [0, 0.05) is 6.42 Å². The van der Waals surface area contributed by atoms with Gasteiger partial charge in [-0.15, -0.1) is 0 Å². The molecule has 0 aromatic carbocycles. The fraction of sp³-hybridized carbons (Fsp3) is 0.918. The van der Waals surface area contributed by atoms with Gasteiger partial charge < -0.3 is 65.1 Å². The first-order chi connectivity index (χ1) is 36.6. The molecule has 2 rings (SSSR count). The minimum absolute atomic E-state index is 0.245. The van der Waals surface area contributed by atoms with Crippen LogP contribution in [0.5, 0.6) is 0 Å². The molecule has 1 amide bonds. The van der Waals surface area contributed by atoms with E-state index in [0.29, 0.717) is 12.8 Å². The summed E-state index contributed by atoms with van der Waals surface area (Å²) >= 11 is 0. The molecule has 2 saturated heterocycles. The largest absolute Gasteiger partial charge is 0.394 e. The third-order valence-corrected chi connectivity index (χ3v) is 15.4. The summed E-state index contributed by atoms with van der Waals surface area (Å²) in [5.74, 6) is -0.245. The van der Waals surface area contributed by atoms with Crippen LogP contribution in [0.2, 0.25) is 0 Å². The Hall–Kier alpha value is -1.53. The van der Waals surface area contributed by atoms with Crippen molar-refractivity contribution in [3.05, 3.63) is 24.3 Å². The molecule has 2 fully saturated rings. The lowest BCUT2D eigenvalue weighted by Crippen LogP contribution is -2.65. The average Bonchev–Trinajstić information content (AvgIpc) is 3.41. The predicted octanol–water partition coefficient (Wildman–Crippen LogP) is 10.8.